The quantitative estimate of drug-likeness (QED) is 0.542. The minimum Gasteiger partial charge on any atom is -0.328 e. The Morgan fingerprint density at radius 3 is 2.72 bits per heavy atom. The van der Waals surface area contributed by atoms with Crippen molar-refractivity contribution in [2.24, 2.45) is 5.73 Å². The van der Waals surface area contributed by atoms with E-state index in [0.29, 0.717) is 11.1 Å². The number of nitrogens with zero attached hydrogens (tertiary/aromatic N) is 2. The molecule has 0 bridgehead atoms. The van der Waals surface area contributed by atoms with Gasteiger partial charge >= 0.3 is 6.03 Å². The van der Waals surface area contributed by atoms with Gasteiger partial charge in [-0.2, -0.15) is 0 Å². The molecular formula is C22H25F2N5O3. The summed E-state index contributed by atoms with van der Waals surface area (Å²) in [5.74, 6) is -1.03. The van der Waals surface area contributed by atoms with Crippen molar-refractivity contribution >= 4 is 18.0 Å². The van der Waals surface area contributed by atoms with Crippen molar-refractivity contribution in [3.05, 3.63) is 77.0 Å². The minimum absolute atomic E-state index is 0.0636. The maximum atomic E-state index is 13.4. The first-order valence-corrected chi connectivity index (χ1v) is 10.00. The van der Waals surface area contributed by atoms with E-state index in [4.69, 9.17) is 10.6 Å². The molecule has 0 spiro atoms. The van der Waals surface area contributed by atoms with Crippen molar-refractivity contribution in [2.45, 2.75) is 26.1 Å². The van der Waals surface area contributed by atoms with Crippen LogP contribution in [0.3, 0.4) is 0 Å². The van der Waals surface area contributed by atoms with Crippen LogP contribution in [0.1, 0.15) is 23.6 Å². The minimum atomic E-state index is -0.582. The maximum Gasteiger partial charge on any atom is 0.345 e. The summed E-state index contributed by atoms with van der Waals surface area (Å²) in [6.07, 6.45) is 3.17. The third-order valence-corrected chi connectivity index (χ3v) is 4.90. The highest BCUT2D eigenvalue weighted by Crippen LogP contribution is 2.20. The van der Waals surface area contributed by atoms with E-state index in [1.54, 1.807) is 24.3 Å². The van der Waals surface area contributed by atoms with E-state index in [2.05, 4.69) is 10.9 Å². The van der Waals surface area contributed by atoms with Crippen LogP contribution >= 0.6 is 0 Å². The fourth-order valence-corrected chi connectivity index (χ4v) is 3.24. The van der Waals surface area contributed by atoms with Crippen molar-refractivity contribution in [1.29, 1.82) is 0 Å². The van der Waals surface area contributed by atoms with Crippen LogP contribution in [0.4, 0.5) is 13.6 Å². The maximum absolute atomic E-state index is 13.4. The molecule has 8 nitrogen and oxygen atoms in total. The fourth-order valence-electron chi connectivity index (χ4n) is 3.24. The van der Waals surface area contributed by atoms with Gasteiger partial charge in [0.25, 0.3) is 0 Å². The first-order valence-electron chi connectivity index (χ1n) is 10.00. The van der Waals surface area contributed by atoms with E-state index in [-0.39, 0.29) is 43.8 Å². The molecule has 4 N–H and O–H groups in total. The van der Waals surface area contributed by atoms with Crippen LogP contribution in [-0.2, 0) is 22.7 Å². The Morgan fingerprint density at radius 1 is 1.22 bits per heavy atom. The fraction of sp³-hybridized carbons (Fsp3) is 0.273. The SMILES string of the molecule is CC(=O)N(NCc1cccc(F)c1)[C@@H](CN)CONC(=O)N1C=Cc2cc(F)ccc2C1. The average Bonchev–Trinajstić information content (AvgIpc) is 2.77. The summed E-state index contributed by atoms with van der Waals surface area (Å²) in [6.45, 7) is 1.82. The number of carbonyl (C=O) groups is 2. The molecule has 0 saturated carbocycles. The van der Waals surface area contributed by atoms with E-state index in [9.17, 15) is 18.4 Å². The number of rotatable bonds is 8. The van der Waals surface area contributed by atoms with E-state index >= 15 is 0 Å². The molecule has 3 amide bonds. The molecule has 0 saturated heterocycles. The molecule has 2 aromatic rings. The number of hydrogen-bond acceptors (Lipinski definition) is 5. The highest BCUT2D eigenvalue weighted by molar-refractivity contribution is 5.76. The second kappa shape index (κ2) is 10.8. The lowest BCUT2D eigenvalue weighted by Crippen LogP contribution is -2.54. The first-order chi connectivity index (χ1) is 15.4. The van der Waals surface area contributed by atoms with Gasteiger partial charge in [0, 0.05) is 26.2 Å². The van der Waals surface area contributed by atoms with Gasteiger partial charge in [0.2, 0.25) is 5.91 Å². The Labute approximate surface area is 184 Å². The molecule has 1 heterocycles. The van der Waals surface area contributed by atoms with Crippen LogP contribution in [-0.4, -0.2) is 41.0 Å². The Hall–Kier alpha value is -3.34. The number of nitrogens with two attached hydrogens (primary N) is 1. The van der Waals surface area contributed by atoms with Crippen LogP contribution < -0.4 is 16.6 Å². The molecule has 0 unspecified atom stereocenters. The van der Waals surface area contributed by atoms with Gasteiger partial charge in [0.15, 0.2) is 0 Å². The summed E-state index contributed by atoms with van der Waals surface area (Å²) < 4.78 is 26.7. The first kappa shape index (κ1) is 23.3. The molecule has 1 aliphatic heterocycles. The van der Waals surface area contributed by atoms with Crippen molar-refractivity contribution in [1.82, 2.24) is 20.8 Å². The Kier molecular flexibility index (Phi) is 7.87. The van der Waals surface area contributed by atoms with E-state index in [0.717, 1.165) is 5.56 Å². The summed E-state index contributed by atoms with van der Waals surface area (Å²) in [5.41, 5.74) is 13.2. The van der Waals surface area contributed by atoms with Crippen LogP contribution in [0.5, 0.6) is 0 Å². The van der Waals surface area contributed by atoms with Gasteiger partial charge in [-0.05, 0) is 47.0 Å². The smallest absolute Gasteiger partial charge is 0.328 e. The molecule has 32 heavy (non-hydrogen) atoms. The van der Waals surface area contributed by atoms with Gasteiger partial charge in [-0.1, -0.05) is 18.2 Å². The summed E-state index contributed by atoms with van der Waals surface area (Å²) in [5, 5.41) is 1.29. The normalized spacial score (nSPS) is 13.4. The molecule has 1 aliphatic rings. The van der Waals surface area contributed by atoms with Gasteiger partial charge in [0.05, 0.1) is 19.2 Å². The lowest BCUT2D eigenvalue weighted by atomic mass is 10.0. The Bertz CT molecular complexity index is 1000. The van der Waals surface area contributed by atoms with Gasteiger partial charge in [0.1, 0.15) is 11.6 Å². The van der Waals surface area contributed by atoms with Crippen LogP contribution in [0, 0.1) is 11.6 Å². The molecular weight excluding hydrogens is 420 g/mol. The monoisotopic (exact) mass is 445 g/mol. The third-order valence-electron chi connectivity index (χ3n) is 4.90. The molecule has 0 fully saturated rings. The summed E-state index contributed by atoms with van der Waals surface area (Å²) in [6, 6.07) is 9.25. The van der Waals surface area contributed by atoms with Crippen molar-refractivity contribution < 1.29 is 23.2 Å². The van der Waals surface area contributed by atoms with E-state index in [1.165, 1.54) is 47.3 Å². The standard InChI is InChI=1S/C22H25F2N5O3/c1-15(30)29(26-12-16-3-2-4-19(23)9-16)21(11-25)14-32-27-22(31)28-8-7-17-10-20(24)6-5-18(17)13-28/h2-10,21,26H,11-14,25H2,1H3,(H,27,31)/t21-/m0/s1. The van der Waals surface area contributed by atoms with Gasteiger partial charge in [-0.3, -0.25) is 19.5 Å². The number of hydrogen-bond donors (Lipinski definition) is 3. The number of hydrazine groups is 1. The number of halogens is 2. The number of urea groups is 1. The lowest BCUT2D eigenvalue weighted by Gasteiger charge is -2.30. The number of fused-ring (bicyclic) bond motifs is 1. The summed E-state index contributed by atoms with van der Waals surface area (Å²) >= 11 is 0. The molecule has 10 heteroatoms. The number of hydroxylamine groups is 1. The summed E-state index contributed by atoms with van der Waals surface area (Å²) in [4.78, 5) is 31.1. The number of carbonyl (C=O) groups excluding carboxylic acids is 2. The van der Waals surface area contributed by atoms with Crippen LogP contribution in [0.25, 0.3) is 6.08 Å². The van der Waals surface area contributed by atoms with E-state index < -0.39 is 12.1 Å². The van der Waals surface area contributed by atoms with Gasteiger partial charge in [-0.25, -0.2) is 24.5 Å². The largest absolute Gasteiger partial charge is 0.345 e. The Balaban J connectivity index is 1.51. The molecule has 170 valence electrons. The molecule has 3 rings (SSSR count). The predicted molar refractivity (Wildman–Crippen MR) is 114 cm³/mol. The van der Waals surface area contributed by atoms with Crippen LogP contribution in [0.15, 0.2) is 48.7 Å². The van der Waals surface area contributed by atoms with Crippen molar-refractivity contribution in [3.8, 4) is 0 Å². The highest BCUT2D eigenvalue weighted by atomic mass is 19.1. The zero-order valence-corrected chi connectivity index (χ0v) is 17.6. The third kappa shape index (κ3) is 6.10. The molecule has 0 aliphatic carbocycles. The number of benzene rings is 2. The lowest BCUT2D eigenvalue weighted by molar-refractivity contribution is -0.137. The number of nitrogens with one attached hydrogen (secondary N) is 2. The second-order valence-corrected chi connectivity index (χ2v) is 7.25. The van der Waals surface area contributed by atoms with Gasteiger partial charge < -0.3 is 5.73 Å². The summed E-state index contributed by atoms with van der Waals surface area (Å²) in [7, 11) is 0. The molecule has 2 aromatic carbocycles. The second-order valence-electron chi connectivity index (χ2n) is 7.25. The van der Waals surface area contributed by atoms with Crippen molar-refractivity contribution in [2.75, 3.05) is 13.2 Å². The van der Waals surface area contributed by atoms with Crippen molar-refractivity contribution in [3.63, 3.8) is 0 Å². The molecule has 0 radical (unpaired) electrons. The van der Waals surface area contributed by atoms with E-state index in [1.807, 2.05) is 0 Å². The zero-order chi connectivity index (χ0) is 23.1. The average molecular weight is 445 g/mol. The van der Waals surface area contributed by atoms with Gasteiger partial charge in [-0.15, -0.1) is 0 Å². The van der Waals surface area contributed by atoms with Crippen LogP contribution in [0.2, 0.25) is 0 Å². The Morgan fingerprint density at radius 2 is 2.00 bits per heavy atom. The highest BCUT2D eigenvalue weighted by Gasteiger charge is 2.22. The molecule has 0 aromatic heterocycles. The topological polar surface area (TPSA) is 99.9 Å². The predicted octanol–water partition coefficient (Wildman–Crippen LogP) is 2.27. The molecule has 1 atom stereocenters. The number of amides is 3. The zero-order valence-electron chi connectivity index (χ0n) is 17.6.